The van der Waals surface area contributed by atoms with Crippen molar-refractivity contribution in [1.82, 2.24) is 9.55 Å². The number of pyridine rings is 1. The lowest BCUT2D eigenvalue weighted by Gasteiger charge is -2.20. The summed E-state index contributed by atoms with van der Waals surface area (Å²) in [6.45, 7) is 5.53. The zero-order valence-electron chi connectivity index (χ0n) is 16.4. The van der Waals surface area contributed by atoms with Crippen LogP contribution in [0.2, 0.25) is 0 Å². The fourth-order valence-electron chi connectivity index (χ4n) is 3.45. The molecule has 30 heavy (non-hydrogen) atoms. The van der Waals surface area contributed by atoms with Crippen molar-refractivity contribution in [2.75, 3.05) is 6.26 Å². The van der Waals surface area contributed by atoms with Crippen LogP contribution >= 0.6 is 22.6 Å². The van der Waals surface area contributed by atoms with Crippen LogP contribution in [0.4, 0.5) is 4.39 Å². The Kier molecular flexibility index (Phi) is 6.06. The molecule has 6 nitrogen and oxygen atoms in total. The number of carboxylic acid groups (broad SMARTS) is 1. The van der Waals surface area contributed by atoms with E-state index in [0.717, 1.165) is 17.7 Å². The highest BCUT2D eigenvalue weighted by Crippen LogP contribution is 2.39. The molecule has 0 spiro atoms. The largest absolute Gasteiger partial charge is 0.481 e. The normalized spacial score (nSPS) is 13.9. The van der Waals surface area contributed by atoms with Gasteiger partial charge in [0.2, 0.25) is 3.68 Å². The summed E-state index contributed by atoms with van der Waals surface area (Å²) in [5.74, 6) is -0.958. The van der Waals surface area contributed by atoms with Crippen LogP contribution in [0.5, 0.6) is 0 Å². The molecule has 0 saturated carbocycles. The number of benzene rings is 1. The molecular weight excluding hydrogens is 522 g/mol. The number of carbonyl (C=O) groups is 1. The molecule has 2 heterocycles. The lowest BCUT2D eigenvalue weighted by Crippen LogP contribution is -2.15. The van der Waals surface area contributed by atoms with Crippen LogP contribution in [-0.2, 0) is 31.3 Å². The maximum Gasteiger partial charge on any atom is 0.307 e. The smallest absolute Gasteiger partial charge is 0.307 e. The maximum atomic E-state index is 15.2. The molecule has 0 bridgehead atoms. The summed E-state index contributed by atoms with van der Waals surface area (Å²) in [6.07, 6.45) is 3.64. The summed E-state index contributed by atoms with van der Waals surface area (Å²) in [7, 11) is -3.52. The molecule has 9 heteroatoms. The fraction of sp³-hybridized carbons (Fsp3) is 0.238. The van der Waals surface area contributed by atoms with Gasteiger partial charge in [-0.25, -0.2) is 17.8 Å². The van der Waals surface area contributed by atoms with Crippen LogP contribution < -0.4 is 0 Å². The molecule has 0 aliphatic rings. The molecular formula is C21H20FIN2O4S. The van der Waals surface area contributed by atoms with E-state index >= 15 is 4.39 Å². The van der Waals surface area contributed by atoms with Crippen LogP contribution in [0.1, 0.15) is 22.4 Å². The number of allylic oxidation sites excluding steroid dienone is 1. The van der Waals surface area contributed by atoms with Gasteiger partial charge >= 0.3 is 5.97 Å². The highest BCUT2D eigenvalue weighted by Gasteiger charge is 2.29. The van der Waals surface area contributed by atoms with Gasteiger partial charge in [-0.15, -0.1) is 0 Å². The lowest BCUT2D eigenvalue weighted by molar-refractivity contribution is -0.136. The number of carboxylic acids is 1. The lowest BCUT2D eigenvalue weighted by atomic mass is 10.0. The van der Waals surface area contributed by atoms with E-state index in [1.165, 1.54) is 12.1 Å². The summed E-state index contributed by atoms with van der Waals surface area (Å²) in [5.41, 5.74) is 2.66. The van der Waals surface area contributed by atoms with Gasteiger partial charge in [0.1, 0.15) is 5.65 Å². The monoisotopic (exact) mass is 542 g/mol. The molecule has 0 radical (unpaired) electrons. The molecule has 0 saturated heterocycles. The van der Waals surface area contributed by atoms with E-state index in [-0.39, 0.29) is 23.4 Å². The first-order valence-corrected chi connectivity index (χ1v) is 11.9. The third-order valence-electron chi connectivity index (χ3n) is 4.99. The van der Waals surface area contributed by atoms with Gasteiger partial charge in [-0.1, -0.05) is 12.6 Å². The second kappa shape index (κ2) is 8.10. The van der Waals surface area contributed by atoms with Crippen LogP contribution in [0.3, 0.4) is 0 Å². The molecule has 0 amide bonds. The highest BCUT2D eigenvalue weighted by molar-refractivity contribution is 14.1. The third-order valence-corrected chi connectivity index (χ3v) is 7.12. The Morgan fingerprint density at radius 3 is 2.70 bits per heavy atom. The van der Waals surface area contributed by atoms with Crippen LogP contribution in [0, 0.1) is 6.92 Å². The van der Waals surface area contributed by atoms with Crippen molar-refractivity contribution in [2.24, 2.45) is 0 Å². The minimum atomic E-state index is -3.52. The second-order valence-electron chi connectivity index (χ2n) is 7.01. The van der Waals surface area contributed by atoms with E-state index in [0.29, 0.717) is 22.5 Å². The SMILES string of the molecule is C=CC(F)(I)c1cc(S(C)(=O)=O)ccc1Cn1c(C)c(CC(=O)O)c2cccnc21. The fourth-order valence-corrected chi connectivity index (χ4v) is 4.60. The van der Waals surface area contributed by atoms with Crippen molar-refractivity contribution in [1.29, 1.82) is 0 Å². The van der Waals surface area contributed by atoms with E-state index in [2.05, 4.69) is 11.6 Å². The van der Waals surface area contributed by atoms with Crippen LogP contribution in [0.25, 0.3) is 11.0 Å². The first kappa shape index (κ1) is 22.4. The molecule has 0 aliphatic carbocycles. The summed E-state index contributed by atoms with van der Waals surface area (Å²) in [6, 6.07) is 7.88. The Bertz CT molecular complexity index is 1270. The van der Waals surface area contributed by atoms with Gasteiger partial charge in [0.15, 0.2) is 9.84 Å². The summed E-state index contributed by atoms with van der Waals surface area (Å²) in [4.78, 5) is 15.7. The molecule has 3 rings (SSSR count). The molecule has 1 N–H and O–H groups in total. The van der Waals surface area contributed by atoms with Gasteiger partial charge in [-0.2, -0.15) is 0 Å². The first-order valence-electron chi connectivity index (χ1n) is 8.95. The number of nitrogens with zero attached hydrogens (tertiary/aromatic N) is 2. The average Bonchev–Trinajstić information content (AvgIpc) is 2.93. The molecule has 1 atom stereocenters. The predicted molar refractivity (Wildman–Crippen MR) is 121 cm³/mol. The van der Waals surface area contributed by atoms with Gasteiger partial charge in [0.05, 0.1) is 11.3 Å². The molecule has 158 valence electrons. The highest BCUT2D eigenvalue weighted by atomic mass is 127. The number of aromatic nitrogens is 2. The Hall–Kier alpha value is -2.27. The molecule has 2 aromatic heterocycles. The first-order chi connectivity index (χ1) is 14.0. The number of aliphatic carboxylic acids is 1. The Morgan fingerprint density at radius 2 is 2.10 bits per heavy atom. The van der Waals surface area contributed by atoms with E-state index in [1.54, 1.807) is 53.9 Å². The van der Waals surface area contributed by atoms with Crippen LogP contribution in [-0.4, -0.2) is 35.3 Å². The summed E-state index contributed by atoms with van der Waals surface area (Å²) >= 11 is 1.58. The Balaban J connectivity index is 2.22. The summed E-state index contributed by atoms with van der Waals surface area (Å²) < 4.78 is 39.1. The number of rotatable bonds is 7. The molecule has 0 fully saturated rings. The molecule has 0 aliphatic heterocycles. The van der Waals surface area contributed by atoms with E-state index < -0.39 is 19.5 Å². The van der Waals surface area contributed by atoms with Crippen molar-refractivity contribution >= 4 is 49.4 Å². The van der Waals surface area contributed by atoms with Gasteiger partial charge in [0, 0.05) is 35.6 Å². The minimum absolute atomic E-state index is 0.0144. The molecule has 3 aromatic rings. The van der Waals surface area contributed by atoms with Crippen molar-refractivity contribution in [3.63, 3.8) is 0 Å². The Labute approximate surface area is 187 Å². The zero-order valence-corrected chi connectivity index (χ0v) is 19.4. The molecule has 1 unspecified atom stereocenters. The second-order valence-corrected chi connectivity index (χ2v) is 10.6. The predicted octanol–water partition coefficient (Wildman–Crippen LogP) is 4.17. The number of alkyl halides is 2. The number of hydrogen-bond acceptors (Lipinski definition) is 4. The molecule has 1 aromatic carbocycles. The zero-order chi connectivity index (χ0) is 22.3. The van der Waals surface area contributed by atoms with Crippen molar-refractivity contribution in [2.45, 2.75) is 28.5 Å². The maximum absolute atomic E-state index is 15.2. The quantitative estimate of drug-likeness (QED) is 0.275. The topological polar surface area (TPSA) is 89.3 Å². The number of sulfone groups is 1. The minimum Gasteiger partial charge on any atom is -0.481 e. The van der Waals surface area contributed by atoms with Crippen molar-refractivity contribution in [3.05, 3.63) is 71.6 Å². The number of hydrogen-bond donors (Lipinski definition) is 1. The van der Waals surface area contributed by atoms with Crippen LogP contribution in [0.15, 0.2) is 54.1 Å². The summed E-state index contributed by atoms with van der Waals surface area (Å²) in [5, 5.41) is 10.0. The van der Waals surface area contributed by atoms with Gasteiger partial charge < -0.3 is 9.67 Å². The van der Waals surface area contributed by atoms with Crippen molar-refractivity contribution < 1.29 is 22.7 Å². The van der Waals surface area contributed by atoms with Gasteiger partial charge in [0.25, 0.3) is 0 Å². The van der Waals surface area contributed by atoms with Crippen molar-refractivity contribution in [3.8, 4) is 0 Å². The van der Waals surface area contributed by atoms with E-state index in [9.17, 15) is 18.3 Å². The van der Waals surface area contributed by atoms with E-state index in [4.69, 9.17) is 0 Å². The van der Waals surface area contributed by atoms with Gasteiger partial charge in [-0.3, -0.25) is 4.79 Å². The average molecular weight is 542 g/mol. The number of fused-ring (bicyclic) bond motifs is 1. The standard InChI is InChI=1S/C21H20FIN2O4S/c1-4-21(22,23)18-10-15(30(3,28)29)8-7-14(18)12-25-13(2)17(11-19(26)27)16-6-5-9-24-20(16)25/h4-10H,1,11-12H2,2-3H3,(H,26,27). The van der Waals surface area contributed by atoms with Gasteiger partial charge in [-0.05, 0) is 71.0 Å². The van der Waals surface area contributed by atoms with E-state index in [1.807, 2.05) is 4.57 Å². The Morgan fingerprint density at radius 1 is 1.40 bits per heavy atom. The number of halogens is 2. The third kappa shape index (κ3) is 4.27.